The monoisotopic (exact) mass is 335 g/mol. The maximum absolute atomic E-state index is 12.6. The van der Waals surface area contributed by atoms with Gasteiger partial charge in [-0.3, -0.25) is 13.9 Å². The lowest BCUT2D eigenvalue weighted by molar-refractivity contribution is 0.0627. The van der Waals surface area contributed by atoms with Crippen LogP contribution in [0.25, 0.3) is 11.2 Å². The Morgan fingerprint density at radius 3 is 2.38 bits per heavy atom. The van der Waals surface area contributed by atoms with Crippen LogP contribution < -0.4 is 11.2 Å². The molecule has 1 aliphatic carbocycles. The summed E-state index contributed by atoms with van der Waals surface area (Å²) in [4.78, 5) is 26.7. The van der Waals surface area contributed by atoms with E-state index in [1.165, 1.54) is 13.9 Å². The number of nitrogens with zero attached hydrogens (tertiary/aromatic N) is 5. The predicted molar refractivity (Wildman–Crippen MR) is 90.1 cm³/mol. The van der Waals surface area contributed by atoms with Crippen molar-refractivity contribution >= 4 is 11.2 Å². The van der Waals surface area contributed by atoms with Crippen molar-refractivity contribution in [2.24, 2.45) is 0 Å². The van der Waals surface area contributed by atoms with Gasteiger partial charge in [-0.2, -0.15) is 4.80 Å². The van der Waals surface area contributed by atoms with Crippen molar-refractivity contribution in [3.05, 3.63) is 20.8 Å². The van der Waals surface area contributed by atoms with Gasteiger partial charge in [-0.1, -0.05) is 26.7 Å². The first-order valence-corrected chi connectivity index (χ1v) is 8.86. The van der Waals surface area contributed by atoms with Gasteiger partial charge in [0.1, 0.15) is 0 Å². The fourth-order valence-corrected chi connectivity index (χ4v) is 3.44. The van der Waals surface area contributed by atoms with Gasteiger partial charge < -0.3 is 5.11 Å². The SMILES string of the molecule is CCCn1c(=O)c2nn(C3CCCCC3O)nc2n(CCC)c1=O. The third-order valence-corrected chi connectivity index (χ3v) is 4.66. The second-order valence-corrected chi connectivity index (χ2v) is 6.50. The Balaban J connectivity index is 2.20. The van der Waals surface area contributed by atoms with Crippen molar-refractivity contribution in [3.8, 4) is 0 Å². The fraction of sp³-hybridized carbons (Fsp3) is 0.750. The van der Waals surface area contributed by atoms with Gasteiger partial charge in [0.15, 0.2) is 11.2 Å². The maximum atomic E-state index is 12.6. The summed E-state index contributed by atoms with van der Waals surface area (Å²) >= 11 is 0. The van der Waals surface area contributed by atoms with Crippen molar-refractivity contribution in [3.63, 3.8) is 0 Å². The zero-order valence-electron chi connectivity index (χ0n) is 14.3. The summed E-state index contributed by atoms with van der Waals surface area (Å²) in [5, 5.41) is 19.0. The topological polar surface area (TPSA) is 94.9 Å². The average Bonchev–Trinajstić information content (AvgIpc) is 3.01. The molecule has 0 saturated heterocycles. The van der Waals surface area contributed by atoms with Crippen molar-refractivity contribution in [1.29, 1.82) is 0 Å². The fourth-order valence-electron chi connectivity index (χ4n) is 3.44. The van der Waals surface area contributed by atoms with Gasteiger partial charge in [-0.05, 0) is 25.7 Å². The van der Waals surface area contributed by atoms with Gasteiger partial charge in [0.2, 0.25) is 0 Å². The van der Waals surface area contributed by atoms with Gasteiger partial charge in [-0.25, -0.2) is 4.79 Å². The molecular weight excluding hydrogens is 310 g/mol. The molecule has 1 fully saturated rings. The van der Waals surface area contributed by atoms with Crippen molar-refractivity contribution in [1.82, 2.24) is 24.1 Å². The molecule has 0 amide bonds. The lowest BCUT2D eigenvalue weighted by Crippen LogP contribution is -2.40. The Morgan fingerprint density at radius 1 is 1.04 bits per heavy atom. The van der Waals surface area contributed by atoms with E-state index in [0.717, 1.165) is 25.7 Å². The smallest absolute Gasteiger partial charge is 0.332 e. The lowest BCUT2D eigenvalue weighted by Gasteiger charge is -2.26. The van der Waals surface area contributed by atoms with Gasteiger partial charge in [0.25, 0.3) is 5.56 Å². The molecule has 1 saturated carbocycles. The first-order valence-electron chi connectivity index (χ1n) is 8.86. The summed E-state index contributed by atoms with van der Waals surface area (Å²) in [6.07, 6.45) is 4.43. The molecule has 1 N–H and O–H groups in total. The average molecular weight is 335 g/mol. The quantitative estimate of drug-likeness (QED) is 0.881. The Kier molecular flexibility index (Phi) is 4.84. The van der Waals surface area contributed by atoms with E-state index in [0.29, 0.717) is 31.6 Å². The summed E-state index contributed by atoms with van der Waals surface area (Å²) in [5.41, 5.74) is -0.167. The van der Waals surface area contributed by atoms with Crippen LogP contribution in [0.15, 0.2) is 9.59 Å². The number of aliphatic hydroxyl groups is 1. The van der Waals surface area contributed by atoms with Crippen LogP contribution >= 0.6 is 0 Å². The minimum Gasteiger partial charge on any atom is -0.391 e. The lowest BCUT2D eigenvalue weighted by atomic mass is 9.93. The maximum Gasteiger partial charge on any atom is 0.332 e. The second kappa shape index (κ2) is 6.88. The van der Waals surface area contributed by atoms with Crippen molar-refractivity contribution in [2.75, 3.05) is 0 Å². The predicted octanol–water partition coefficient (Wildman–Crippen LogP) is 1.05. The highest BCUT2D eigenvalue weighted by Crippen LogP contribution is 2.27. The van der Waals surface area contributed by atoms with Gasteiger partial charge >= 0.3 is 5.69 Å². The summed E-state index contributed by atoms with van der Waals surface area (Å²) in [5.74, 6) is 0. The third-order valence-electron chi connectivity index (χ3n) is 4.66. The van der Waals surface area contributed by atoms with E-state index < -0.39 is 6.10 Å². The molecule has 2 unspecified atom stereocenters. The van der Waals surface area contributed by atoms with E-state index in [1.807, 2.05) is 13.8 Å². The standard InChI is InChI=1S/C16H25N5O3/c1-3-9-19-14-13(15(23)20(10-4-2)16(19)24)17-21(18-14)11-7-5-6-8-12(11)22/h11-12,22H,3-10H2,1-2H3. The molecule has 132 valence electrons. The highest BCUT2D eigenvalue weighted by atomic mass is 16.3. The van der Waals surface area contributed by atoms with Crippen molar-refractivity contribution in [2.45, 2.75) is 77.6 Å². The highest BCUT2D eigenvalue weighted by molar-refractivity contribution is 5.67. The summed E-state index contributed by atoms with van der Waals surface area (Å²) in [7, 11) is 0. The minimum atomic E-state index is -0.509. The number of hydrogen-bond donors (Lipinski definition) is 1. The number of aromatic nitrogens is 5. The van der Waals surface area contributed by atoms with Crippen LogP contribution in [0.3, 0.4) is 0 Å². The molecule has 1 aliphatic rings. The Bertz CT molecular complexity index is 835. The normalized spacial score (nSPS) is 21.5. The minimum absolute atomic E-state index is 0.217. The van der Waals surface area contributed by atoms with Gasteiger partial charge in [0.05, 0.1) is 12.1 Å². The zero-order chi connectivity index (χ0) is 17.3. The Morgan fingerprint density at radius 2 is 1.71 bits per heavy atom. The van der Waals surface area contributed by atoms with Crippen LogP contribution in [-0.4, -0.2) is 35.3 Å². The number of aliphatic hydroxyl groups excluding tert-OH is 1. The number of fused-ring (bicyclic) bond motifs is 1. The molecular formula is C16H25N5O3. The first kappa shape index (κ1) is 16.9. The molecule has 0 radical (unpaired) electrons. The summed E-state index contributed by atoms with van der Waals surface area (Å²) < 4.78 is 2.78. The molecule has 2 aromatic heterocycles. The molecule has 0 aromatic carbocycles. The number of aryl methyl sites for hydroxylation is 1. The second-order valence-electron chi connectivity index (χ2n) is 6.50. The zero-order valence-corrected chi connectivity index (χ0v) is 14.3. The molecule has 0 bridgehead atoms. The molecule has 2 atom stereocenters. The highest BCUT2D eigenvalue weighted by Gasteiger charge is 2.28. The van der Waals surface area contributed by atoms with E-state index in [-0.39, 0.29) is 22.8 Å². The molecule has 8 heteroatoms. The van der Waals surface area contributed by atoms with Gasteiger partial charge in [0, 0.05) is 13.1 Å². The van der Waals surface area contributed by atoms with E-state index in [1.54, 1.807) is 0 Å². The molecule has 8 nitrogen and oxygen atoms in total. The Labute approximate surface area is 139 Å². The molecule has 24 heavy (non-hydrogen) atoms. The molecule has 3 rings (SSSR count). The molecule has 2 heterocycles. The van der Waals surface area contributed by atoms with Crippen LogP contribution in [0.4, 0.5) is 0 Å². The van der Waals surface area contributed by atoms with Crippen molar-refractivity contribution < 1.29 is 5.11 Å². The largest absolute Gasteiger partial charge is 0.391 e. The van der Waals surface area contributed by atoms with Crippen LogP contribution in [-0.2, 0) is 13.1 Å². The van der Waals surface area contributed by atoms with Crippen LogP contribution in [0.5, 0.6) is 0 Å². The summed E-state index contributed by atoms with van der Waals surface area (Å²) in [6.45, 7) is 4.76. The number of hydrogen-bond acceptors (Lipinski definition) is 5. The number of rotatable bonds is 5. The van der Waals surface area contributed by atoms with Crippen LogP contribution in [0.1, 0.15) is 58.4 Å². The Hall–Kier alpha value is -1.96. The van der Waals surface area contributed by atoms with Crippen LogP contribution in [0.2, 0.25) is 0 Å². The van der Waals surface area contributed by atoms with E-state index >= 15 is 0 Å². The van der Waals surface area contributed by atoms with E-state index in [4.69, 9.17) is 0 Å². The third kappa shape index (κ3) is 2.79. The van der Waals surface area contributed by atoms with E-state index in [9.17, 15) is 14.7 Å². The molecule has 0 aliphatic heterocycles. The van der Waals surface area contributed by atoms with Gasteiger partial charge in [-0.15, -0.1) is 10.2 Å². The molecule has 2 aromatic rings. The van der Waals surface area contributed by atoms with E-state index in [2.05, 4.69) is 10.2 Å². The first-order chi connectivity index (χ1) is 11.6. The summed E-state index contributed by atoms with van der Waals surface area (Å²) in [6, 6.07) is -0.227. The van der Waals surface area contributed by atoms with Crippen LogP contribution in [0, 0.1) is 0 Å². The molecule has 0 spiro atoms.